The molecule has 1 aromatic heterocycles. The van der Waals surface area contributed by atoms with Crippen LogP contribution in [0, 0.1) is 6.92 Å². The SMILES string of the molecule is Cc1ccccc1C(=O)c1nccn1CC(CCOC1CCCCO1)c1ccc(Cl)c(Cl)c1. The molecule has 0 spiro atoms. The van der Waals surface area contributed by atoms with Crippen molar-refractivity contribution in [2.75, 3.05) is 13.2 Å². The molecule has 3 aromatic rings. The maximum absolute atomic E-state index is 13.2. The maximum atomic E-state index is 13.2. The minimum atomic E-state index is -0.139. The fourth-order valence-electron chi connectivity index (χ4n) is 4.17. The number of hydrogen-bond acceptors (Lipinski definition) is 4. The second-order valence-corrected chi connectivity index (χ2v) is 9.19. The van der Waals surface area contributed by atoms with E-state index < -0.39 is 0 Å². The lowest BCUT2D eigenvalue weighted by molar-refractivity contribution is -0.163. The average molecular weight is 487 g/mol. The molecular weight excluding hydrogens is 459 g/mol. The van der Waals surface area contributed by atoms with Gasteiger partial charge in [0.1, 0.15) is 0 Å². The highest BCUT2D eigenvalue weighted by Gasteiger charge is 2.22. The number of nitrogens with zero attached hydrogens (tertiary/aromatic N) is 2. The van der Waals surface area contributed by atoms with Gasteiger partial charge in [-0.1, -0.05) is 53.5 Å². The third-order valence-electron chi connectivity index (χ3n) is 6.05. The normalized spacial score (nSPS) is 17.1. The molecule has 7 heteroatoms. The largest absolute Gasteiger partial charge is 0.353 e. The van der Waals surface area contributed by atoms with Gasteiger partial charge in [-0.3, -0.25) is 4.79 Å². The van der Waals surface area contributed by atoms with Gasteiger partial charge in [-0.05, 0) is 55.9 Å². The summed E-state index contributed by atoms with van der Waals surface area (Å²) < 4.78 is 13.6. The van der Waals surface area contributed by atoms with E-state index in [1.54, 1.807) is 6.20 Å². The van der Waals surface area contributed by atoms with Crippen molar-refractivity contribution in [1.82, 2.24) is 9.55 Å². The van der Waals surface area contributed by atoms with Crippen LogP contribution in [0.15, 0.2) is 54.9 Å². The molecule has 33 heavy (non-hydrogen) atoms. The zero-order valence-corrected chi connectivity index (χ0v) is 20.2. The van der Waals surface area contributed by atoms with Crippen LogP contribution in [-0.4, -0.2) is 34.8 Å². The zero-order chi connectivity index (χ0) is 23.2. The third-order valence-corrected chi connectivity index (χ3v) is 6.79. The number of hydrogen-bond donors (Lipinski definition) is 0. The Balaban J connectivity index is 1.54. The van der Waals surface area contributed by atoms with Gasteiger partial charge in [0.15, 0.2) is 12.1 Å². The van der Waals surface area contributed by atoms with Crippen LogP contribution < -0.4 is 0 Å². The lowest BCUT2D eigenvalue weighted by Gasteiger charge is -2.25. The van der Waals surface area contributed by atoms with Gasteiger partial charge in [-0.25, -0.2) is 4.98 Å². The first-order valence-electron chi connectivity index (χ1n) is 11.3. The number of aryl methyl sites for hydroxylation is 1. The van der Waals surface area contributed by atoms with Gasteiger partial charge in [0.2, 0.25) is 5.78 Å². The summed E-state index contributed by atoms with van der Waals surface area (Å²) in [5, 5.41) is 1.03. The maximum Gasteiger partial charge on any atom is 0.228 e. The molecule has 0 N–H and O–H groups in total. The number of ether oxygens (including phenoxy) is 2. The Morgan fingerprint density at radius 1 is 1.21 bits per heavy atom. The molecule has 174 valence electrons. The van der Waals surface area contributed by atoms with Crippen LogP contribution >= 0.6 is 23.2 Å². The van der Waals surface area contributed by atoms with Crippen LogP contribution in [0.1, 0.15) is 58.9 Å². The molecule has 2 heterocycles. The van der Waals surface area contributed by atoms with Gasteiger partial charge in [-0.2, -0.15) is 0 Å². The summed E-state index contributed by atoms with van der Waals surface area (Å²) in [7, 11) is 0. The molecule has 1 saturated heterocycles. The first-order valence-corrected chi connectivity index (χ1v) is 12.1. The Kier molecular flexibility index (Phi) is 8.20. The van der Waals surface area contributed by atoms with E-state index in [0.717, 1.165) is 43.4 Å². The van der Waals surface area contributed by atoms with Gasteiger partial charge in [0.25, 0.3) is 0 Å². The van der Waals surface area contributed by atoms with Crippen molar-refractivity contribution in [1.29, 1.82) is 0 Å². The number of ketones is 1. The molecule has 0 radical (unpaired) electrons. The Morgan fingerprint density at radius 3 is 2.82 bits per heavy atom. The molecular formula is C26H28Cl2N2O3. The minimum Gasteiger partial charge on any atom is -0.353 e. The highest BCUT2D eigenvalue weighted by atomic mass is 35.5. The Morgan fingerprint density at radius 2 is 2.06 bits per heavy atom. The quantitative estimate of drug-likeness (QED) is 0.326. The monoisotopic (exact) mass is 486 g/mol. The first kappa shape index (κ1) is 24.0. The summed E-state index contributed by atoms with van der Waals surface area (Å²) in [6.07, 6.45) is 7.26. The molecule has 0 bridgehead atoms. The molecule has 2 aromatic carbocycles. The van der Waals surface area contributed by atoms with Crippen molar-refractivity contribution in [2.24, 2.45) is 0 Å². The first-order chi connectivity index (χ1) is 16.0. The predicted octanol–water partition coefficient (Wildman–Crippen LogP) is 6.45. The summed E-state index contributed by atoms with van der Waals surface area (Å²) in [4.78, 5) is 17.6. The summed E-state index contributed by atoms with van der Waals surface area (Å²) in [6.45, 7) is 3.80. The Bertz CT molecular complexity index is 1090. The number of rotatable bonds is 9. The van der Waals surface area contributed by atoms with Crippen molar-refractivity contribution in [2.45, 2.75) is 51.4 Å². The average Bonchev–Trinajstić information content (AvgIpc) is 3.29. The number of carbonyl (C=O) groups excluding carboxylic acids is 1. The van der Waals surface area contributed by atoms with Crippen molar-refractivity contribution in [3.8, 4) is 0 Å². The number of halogens is 2. The number of carbonyl (C=O) groups is 1. The lowest BCUT2D eigenvalue weighted by atomic mass is 9.95. The molecule has 0 aliphatic carbocycles. The van der Waals surface area contributed by atoms with Gasteiger partial charge < -0.3 is 14.0 Å². The fraction of sp³-hybridized carbons (Fsp3) is 0.385. The van der Waals surface area contributed by atoms with Gasteiger partial charge in [0, 0.05) is 37.0 Å². The summed E-state index contributed by atoms with van der Waals surface area (Å²) in [5.74, 6) is 0.393. The molecule has 0 saturated carbocycles. The highest BCUT2D eigenvalue weighted by Crippen LogP contribution is 2.30. The summed E-state index contributed by atoms with van der Waals surface area (Å²) in [6, 6.07) is 13.3. The van der Waals surface area contributed by atoms with E-state index in [4.69, 9.17) is 32.7 Å². The molecule has 1 fully saturated rings. The van der Waals surface area contributed by atoms with Crippen LogP contribution in [0.5, 0.6) is 0 Å². The fourth-order valence-corrected chi connectivity index (χ4v) is 4.47. The summed E-state index contributed by atoms with van der Waals surface area (Å²) >= 11 is 12.5. The Labute approximate surface area is 204 Å². The van der Waals surface area contributed by atoms with E-state index in [1.807, 2.05) is 60.2 Å². The summed E-state index contributed by atoms with van der Waals surface area (Å²) in [5.41, 5.74) is 2.63. The van der Waals surface area contributed by atoms with E-state index in [2.05, 4.69) is 4.98 Å². The second-order valence-electron chi connectivity index (χ2n) is 8.37. The van der Waals surface area contributed by atoms with Gasteiger partial charge in [-0.15, -0.1) is 0 Å². The molecule has 5 nitrogen and oxygen atoms in total. The number of aromatic nitrogens is 2. The molecule has 1 aliphatic rings. The standard InChI is InChI=1S/C26H28Cl2N2O3/c1-18-6-2-3-7-21(18)25(31)26-29-12-13-30(26)17-20(19-9-10-22(27)23(28)16-19)11-15-33-24-8-4-5-14-32-24/h2-3,6-7,9-10,12-13,16,20,24H,4-5,8,11,14-15,17H2,1H3. The lowest BCUT2D eigenvalue weighted by Crippen LogP contribution is -2.24. The van der Waals surface area contributed by atoms with E-state index >= 15 is 0 Å². The number of benzene rings is 2. The van der Waals surface area contributed by atoms with Crippen molar-refractivity contribution in [3.05, 3.63) is 87.4 Å². The van der Waals surface area contributed by atoms with Crippen molar-refractivity contribution in [3.63, 3.8) is 0 Å². The minimum absolute atomic E-state index is 0.0565. The van der Waals surface area contributed by atoms with Crippen LogP contribution in [0.25, 0.3) is 0 Å². The van der Waals surface area contributed by atoms with Crippen molar-refractivity contribution >= 4 is 29.0 Å². The molecule has 4 rings (SSSR count). The molecule has 1 aliphatic heterocycles. The topological polar surface area (TPSA) is 53.4 Å². The van der Waals surface area contributed by atoms with Gasteiger partial charge >= 0.3 is 0 Å². The van der Waals surface area contributed by atoms with E-state index in [0.29, 0.717) is 34.6 Å². The smallest absolute Gasteiger partial charge is 0.228 e. The van der Waals surface area contributed by atoms with Crippen LogP contribution in [0.2, 0.25) is 10.0 Å². The van der Waals surface area contributed by atoms with E-state index in [-0.39, 0.29) is 18.0 Å². The van der Waals surface area contributed by atoms with Gasteiger partial charge in [0.05, 0.1) is 16.7 Å². The van der Waals surface area contributed by atoms with E-state index in [1.165, 1.54) is 0 Å². The Hall–Kier alpha value is -2.18. The zero-order valence-electron chi connectivity index (χ0n) is 18.7. The van der Waals surface area contributed by atoms with Crippen LogP contribution in [0.4, 0.5) is 0 Å². The second kappa shape index (κ2) is 11.3. The van der Waals surface area contributed by atoms with Crippen molar-refractivity contribution < 1.29 is 14.3 Å². The number of imidazole rings is 1. The molecule has 2 unspecified atom stereocenters. The highest BCUT2D eigenvalue weighted by molar-refractivity contribution is 6.42. The van der Waals surface area contributed by atoms with E-state index in [9.17, 15) is 4.79 Å². The molecule has 0 amide bonds. The predicted molar refractivity (Wildman–Crippen MR) is 130 cm³/mol. The van der Waals surface area contributed by atoms with Crippen LogP contribution in [-0.2, 0) is 16.0 Å². The van der Waals surface area contributed by atoms with Crippen LogP contribution in [0.3, 0.4) is 0 Å². The molecule has 2 atom stereocenters. The third kappa shape index (κ3) is 6.04.